The molecule has 1 heterocycles. The number of likely N-dealkylation sites (tertiary alicyclic amines) is 1. The lowest BCUT2D eigenvalue weighted by molar-refractivity contribution is 0.204. The Bertz CT molecular complexity index is 216. The molecule has 1 rings (SSSR count). The van der Waals surface area contributed by atoms with Crippen LogP contribution in [0.3, 0.4) is 0 Å². The lowest BCUT2D eigenvalue weighted by Gasteiger charge is -2.30. The summed E-state index contributed by atoms with van der Waals surface area (Å²) in [7, 11) is 0. The van der Waals surface area contributed by atoms with E-state index in [4.69, 9.17) is 5.26 Å². The van der Waals surface area contributed by atoms with Gasteiger partial charge in [0.1, 0.15) is 0 Å². The van der Waals surface area contributed by atoms with Gasteiger partial charge in [0.05, 0.1) is 12.5 Å². The summed E-state index contributed by atoms with van der Waals surface area (Å²) in [6.45, 7) is 8.00. The van der Waals surface area contributed by atoms with Gasteiger partial charge in [0.15, 0.2) is 0 Å². The number of hydrogen-bond donors (Lipinski definition) is 1. The largest absolute Gasteiger partial charge is 0.309 e. The van der Waals surface area contributed by atoms with Crippen molar-refractivity contribution in [3.05, 3.63) is 0 Å². The van der Waals surface area contributed by atoms with Crippen LogP contribution in [-0.2, 0) is 0 Å². The minimum atomic E-state index is 0.366. The molecule has 3 nitrogen and oxygen atoms in total. The Hall–Kier alpha value is -0.590. The van der Waals surface area contributed by atoms with Gasteiger partial charge in [-0.1, -0.05) is 13.3 Å². The van der Waals surface area contributed by atoms with Crippen molar-refractivity contribution in [1.82, 2.24) is 10.2 Å². The zero-order valence-corrected chi connectivity index (χ0v) is 10.7. The molecule has 3 heteroatoms. The van der Waals surface area contributed by atoms with Crippen molar-refractivity contribution in [3.8, 4) is 6.07 Å². The number of nitrogens with one attached hydrogen (secondary N) is 1. The third kappa shape index (κ3) is 4.96. The standard InChI is InChI=1S/C13H25N3/c1-3-13(7-8-14)15-12(2)11-16-9-5-4-6-10-16/h12-13,15H,3-7,9-11H2,1-2H3. The fourth-order valence-electron chi connectivity index (χ4n) is 2.42. The molecule has 0 radical (unpaired) electrons. The normalized spacial score (nSPS) is 21.3. The summed E-state index contributed by atoms with van der Waals surface area (Å²) in [6.07, 6.45) is 5.76. The number of nitrogens with zero attached hydrogens (tertiary/aromatic N) is 2. The molecule has 0 saturated carbocycles. The van der Waals surface area contributed by atoms with E-state index >= 15 is 0 Å². The Balaban J connectivity index is 2.22. The summed E-state index contributed by atoms with van der Waals surface area (Å²) in [5, 5.41) is 12.3. The quantitative estimate of drug-likeness (QED) is 0.750. The van der Waals surface area contributed by atoms with Crippen molar-refractivity contribution in [2.75, 3.05) is 19.6 Å². The molecular formula is C13H25N3. The highest BCUT2D eigenvalue weighted by Gasteiger charge is 2.15. The Labute approximate surface area is 99.8 Å². The van der Waals surface area contributed by atoms with Gasteiger partial charge in [0.2, 0.25) is 0 Å². The van der Waals surface area contributed by atoms with Crippen molar-refractivity contribution < 1.29 is 0 Å². The lowest BCUT2D eigenvalue weighted by atomic mass is 10.1. The first-order chi connectivity index (χ1) is 7.76. The molecule has 92 valence electrons. The molecule has 0 aromatic heterocycles. The van der Waals surface area contributed by atoms with Gasteiger partial charge in [0, 0.05) is 18.6 Å². The van der Waals surface area contributed by atoms with Crippen LogP contribution in [-0.4, -0.2) is 36.6 Å². The van der Waals surface area contributed by atoms with E-state index in [0.29, 0.717) is 18.5 Å². The SMILES string of the molecule is CCC(CC#N)NC(C)CN1CCCCC1. The minimum absolute atomic E-state index is 0.366. The van der Waals surface area contributed by atoms with Crippen LogP contribution in [0.4, 0.5) is 0 Å². The zero-order chi connectivity index (χ0) is 11.8. The molecule has 0 spiro atoms. The average Bonchev–Trinajstić information content (AvgIpc) is 2.29. The van der Waals surface area contributed by atoms with E-state index in [0.717, 1.165) is 13.0 Å². The molecule has 1 N–H and O–H groups in total. The summed E-state index contributed by atoms with van der Waals surface area (Å²) < 4.78 is 0. The molecule has 16 heavy (non-hydrogen) atoms. The van der Waals surface area contributed by atoms with E-state index in [-0.39, 0.29) is 0 Å². The first kappa shape index (κ1) is 13.5. The Morgan fingerprint density at radius 1 is 1.31 bits per heavy atom. The van der Waals surface area contributed by atoms with Crippen LogP contribution >= 0.6 is 0 Å². The highest BCUT2D eigenvalue weighted by atomic mass is 15.2. The monoisotopic (exact) mass is 223 g/mol. The van der Waals surface area contributed by atoms with Gasteiger partial charge in [-0.25, -0.2) is 0 Å². The molecule has 1 saturated heterocycles. The number of piperidine rings is 1. The average molecular weight is 223 g/mol. The topological polar surface area (TPSA) is 39.1 Å². The second-order valence-corrected chi connectivity index (χ2v) is 4.90. The highest BCUT2D eigenvalue weighted by molar-refractivity contribution is 4.82. The van der Waals surface area contributed by atoms with Gasteiger partial charge >= 0.3 is 0 Å². The summed E-state index contributed by atoms with van der Waals surface area (Å²) in [5.41, 5.74) is 0. The first-order valence-corrected chi connectivity index (χ1v) is 6.61. The van der Waals surface area contributed by atoms with E-state index in [1.165, 1.54) is 32.4 Å². The predicted octanol–water partition coefficient (Wildman–Crippen LogP) is 2.14. The first-order valence-electron chi connectivity index (χ1n) is 6.61. The second kappa shape index (κ2) is 7.65. The van der Waals surface area contributed by atoms with E-state index in [1.54, 1.807) is 0 Å². The zero-order valence-electron chi connectivity index (χ0n) is 10.7. The van der Waals surface area contributed by atoms with Crippen LogP contribution in [0.2, 0.25) is 0 Å². The molecule has 2 unspecified atom stereocenters. The Kier molecular flexibility index (Phi) is 6.44. The van der Waals surface area contributed by atoms with E-state index < -0.39 is 0 Å². The van der Waals surface area contributed by atoms with Crippen LogP contribution in [0.25, 0.3) is 0 Å². The molecule has 0 bridgehead atoms. The minimum Gasteiger partial charge on any atom is -0.309 e. The third-order valence-corrected chi connectivity index (χ3v) is 3.33. The van der Waals surface area contributed by atoms with E-state index in [9.17, 15) is 0 Å². The van der Waals surface area contributed by atoms with Crippen molar-refractivity contribution in [2.24, 2.45) is 0 Å². The fourth-order valence-corrected chi connectivity index (χ4v) is 2.42. The van der Waals surface area contributed by atoms with Crippen molar-refractivity contribution in [1.29, 1.82) is 5.26 Å². The fraction of sp³-hybridized carbons (Fsp3) is 0.923. The molecular weight excluding hydrogens is 198 g/mol. The molecule has 0 amide bonds. The second-order valence-electron chi connectivity index (χ2n) is 4.90. The number of nitriles is 1. The van der Waals surface area contributed by atoms with E-state index in [1.807, 2.05) is 0 Å². The van der Waals surface area contributed by atoms with Gasteiger partial charge in [-0.2, -0.15) is 5.26 Å². The summed E-state index contributed by atoms with van der Waals surface area (Å²) in [6, 6.07) is 3.11. The van der Waals surface area contributed by atoms with Gasteiger partial charge < -0.3 is 10.2 Å². The maximum atomic E-state index is 8.70. The molecule has 2 atom stereocenters. The number of rotatable bonds is 6. The van der Waals surface area contributed by atoms with E-state index in [2.05, 4.69) is 30.1 Å². The number of hydrogen-bond acceptors (Lipinski definition) is 3. The smallest absolute Gasteiger partial charge is 0.0638 e. The molecule has 1 fully saturated rings. The van der Waals surface area contributed by atoms with Gasteiger partial charge in [0.25, 0.3) is 0 Å². The van der Waals surface area contributed by atoms with Crippen molar-refractivity contribution in [3.63, 3.8) is 0 Å². The van der Waals surface area contributed by atoms with Crippen LogP contribution in [0.1, 0.15) is 46.0 Å². The van der Waals surface area contributed by atoms with Crippen molar-refractivity contribution in [2.45, 2.75) is 58.0 Å². The maximum absolute atomic E-state index is 8.70. The van der Waals surface area contributed by atoms with Crippen LogP contribution < -0.4 is 5.32 Å². The summed E-state index contributed by atoms with van der Waals surface area (Å²) in [4.78, 5) is 2.54. The summed E-state index contributed by atoms with van der Waals surface area (Å²) >= 11 is 0. The van der Waals surface area contributed by atoms with Gasteiger partial charge in [-0.05, 0) is 39.3 Å². The molecule has 1 aliphatic rings. The Morgan fingerprint density at radius 3 is 2.56 bits per heavy atom. The van der Waals surface area contributed by atoms with Crippen LogP contribution in [0, 0.1) is 11.3 Å². The van der Waals surface area contributed by atoms with Gasteiger partial charge in [-0.15, -0.1) is 0 Å². The Morgan fingerprint density at radius 2 is 2.00 bits per heavy atom. The highest BCUT2D eigenvalue weighted by Crippen LogP contribution is 2.09. The van der Waals surface area contributed by atoms with Gasteiger partial charge in [-0.3, -0.25) is 0 Å². The van der Waals surface area contributed by atoms with Crippen LogP contribution in [0.5, 0.6) is 0 Å². The maximum Gasteiger partial charge on any atom is 0.0638 e. The molecule has 0 aromatic rings. The lowest BCUT2D eigenvalue weighted by Crippen LogP contribution is -2.45. The third-order valence-electron chi connectivity index (χ3n) is 3.33. The molecule has 1 aliphatic heterocycles. The van der Waals surface area contributed by atoms with Crippen molar-refractivity contribution >= 4 is 0 Å². The molecule has 0 aliphatic carbocycles. The predicted molar refractivity (Wildman–Crippen MR) is 67.2 cm³/mol. The summed E-state index contributed by atoms with van der Waals surface area (Å²) in [5.74, 6) is 0. The van der Waals surface area contributed by atoms with Crippen LogP contribution in [0.15, 0.2) is 0 Å². The molecule has 0 aromatic carbocycles.